The van der Waals surface area contributed by atoms with Crippen molar-refractivity contribution in [2.45, 2.75) is 12.8 Å². The van der Waals surface area contributed by atoms with Gasteiger partial charge in [-0.3, -0.25) is 19.7 Å². The van der Waals surface area contributed by atoms with Crippen molar-refractivity contribution in [3.63, 3.8) is 0 Å². The quantitative estimate of drug-likeness (QED) is 0.253. The maximum atomic E-state index is 13.4. The fourth-order valence-electron chi connectivity index (χ4n) is 4.64. The Kier molecular flexibility index (Phi) is 4.67. The lowest BCUT2D eigenvalue weighted by Gasteiger charge is -2.21. The number of fused-ring (bicyclic) bond motifs is 4. The number of esters is 1. The van der Waals surface area contributed by atoms with Gasteiger partial charge in [0.15, 0.2) is 12.6 Å². The van der Waals surface area contributed by atoms with E-state index in [-0.39, 0.29) is 11.7 Å². The zero-order chi connectivity index (χ0) is 24.3. The van der Waals surface area contributed by atoms with Crippen molar-refractivity contribution in [3.8, 4) is 6.01 Å². The number of nitrogens with one attached hydrogen (secondary N) is 1. The maximum Gasteiger partial charge on any atom is 0.462 e. The first kappa shape index (κ1) is 21.3. The van der Waals surface area contributed by atoms with Crippen LogP contribution in [0.2, 0.25) is 0 Å². The number of nitro benzene ring substituents is 1. The molecule has 170 valence electrons. The number of benzene rings is 2. The number of nitrogens with zero attached hydrogens (tertiary/aromatic N) is 3. The van der Waals surface area contributed by atoms with E-state index in [1.54, 1.807) is 19.2 Å². The molecule has 0 spiro atoms. The first-order valence-corrected chi connectivity index (χ1v) is 10.4. The molecule has 0 fully saturated rings. The molecule has 1 aliphatic carbocycles. The Morgan fingerprint density at radius 1 is 1.18 bits per heavy atom. The number of ether oxygens (including phenoxy) is 1. The van der Waals surface area contributed by atoms with Gasteiger partial charge in [-0.2, -0.15) is 0 Å². The molecule has 0 radical (unpaired) electrons. The topological polar surface area (TPSA) is 130 Å². The lowest BCUT2D eigenvalue weighted by molar-refractivity contribution is -0.723. The molecule has 0 saturated heterocycles. The summed E-state index contributed by atoms with van der Waals surface area (Å²) in [5.74, 6) is -0.547. The maximum absolute atomic E-state index is 13.4. The van der Waals surface area contributed by atoms with E-state index in [0.29, 0.717) is 39.6 Å². The molecule has 1 unspecified atom stereocenters. The number of hydrogen-bond acceptors (Lipinski definition) is 6. The summed E-state index contributed by atoms with van der Waals surface area (Å²) in [5.41, 5.74) is 3.02. The molecule has 2 heterocycles. The van der Waals surface area contributed by atoms with E-state index in [4.69, 9.17) is 4.74 Å². The van der Waals surface area contributed by atoms with Crippen LogP contribution in [-0.4, -0.2) is 26.3 Å². The minimum Gasteiger partial charge on any atom is -0.445 e. The molecular formula is C24H20N4O6+2. The molecule has 3 aromatic rings. The third-order valence-electron chi connectivity index (χ3n) is 6.18. The van der Waals surface area contributed by atoms with Crippen LogP contribution < -0.4 is 15.1 Å². The summed E-state index contributed by atoms with van der Waals surface area (Å²) >= 11 is 0. The second kappa shape index (κ2) is 7.48. The van der Waals surface area contributed by atoms with E-state index in [0.717, 1.165) is 10.1 Å². The van der Waals surface area contributed by atoms with Gasteiger partial charge >= 0.3 is 17.8 Å². The van der Waals surface area contributed by atoms with Gasteiger partial charge < -0.3 is 9.84 Å². The van der Waals surface area contributed by atoms with Crippen molar-refractivity contribution in [2.75, 3.05) is 0 Å². The molecule has 2 aromatic carbocycles. The van der Waals surface area contributed by atoms with E-state index in [1.165, 1.54) is 30.7 Å². The number of aromatic hydroxyl groups is 1. The summed E-state index contributed by atoms with van der Waals surface area (Å²) in [6.45, 7) is 1.30. The summed E-state index contributed by atoms with van der Waals surface area (Å²) < 4.78 is 8.25. The number of non-ortho nitro benzene ring substituents is 1. The fourth-order valence-corrected chi connectivity index (χ4v) is 4.64. The Balaban J connectivity index is 1.90. The zero-order valence-electron chi connectivity index (χ0n) is 18.5. The third kappa shape index (κ3) is 2.95. The van der Waals surface area contributed by atoms with E-state index in [1.807, 2.05) is 24.3 Å². The van der Waals surface area contributed by atoms with Gasteiger partial charge in [0, 0.05) is 31.7 Å². The minimum absolute atomic E-state index is 0.0878. The molecule has 10 nitrogen and oxygen atoms in total. The predicted octanol–water partition coefficient (Wildman–Crippen LogP) is 0.458. The number of hydrogen-bond donors (Lipinski definition) is 2. The van der Waals surface area contributed by atoms with Crippen molar-refractivity contribution < 1.29 is 29.1 Å². The molecule has 2 aliphatic rings. The molecular weight excluding hydrogens is 440 g/mol. The van der Waals surface area contributed by atoms with E-state index < -0.39 is 22.4 Å². The monoisotopic (exact) mass is 460 g/mol. The Labute approximate surface area is 192 Å². The van der Waals surface area contributed by atoms with Gasteiger partial charge in [0.05, 0.1) is 22.0 Å². The number of carbonyl (C=O) groups excluding carboxylic acids is 1. The Morgan fingerprint density at radius 2 is 1.82 bits per heavy atom. The summed E-state index contributed by atoms with van der Waals surface area (Å²) in [4.78, 5) is 39.5. The van der Waals surface area contributed by atoms with Crippen molar-refractivity contribution in [3.05, 3.63) is 96.8 Å². The molecule has 1 aliphatic heterocycles. The highest BCUT2D eigenvalue weighted by Crippen LogP contribution is 2.45. The molecule has 0 amide bonds. The van der Waals surface area contributed by atoms with Gasteiger partial charge in [-0.15, -0.1) is 4.99 Å². The van der Waals surface area contributed by atoms with Gasteiger partial charge in [0.25, 0.3) is 11.2 Å². The summed E-state index contributed by atoms with van der Waals surface area (Å²) in [6.07, 6.45) is 0. The summed E-state index contributed by atoms with van der Waals surface area (Å²) in [5, 5.41) is 21.7. The zero-order valence-corrected chi connectivity index (χ0v) is 18.5. The van der Waals surface area contributed by atoms with E-state index >= 15 is 0 Å². The van der Waals surface area contributed by atoms with Crippen LogP contribution in [0.15, 0.2) is 58.9 Å². The van der Waals surface area contributed by atoms with Crippen LogP contribution in [0.3, 0.4) is 0 Å². The Bertz CT molecular complexity index is 1530. The molecule has 0 saturated carbocycles. The molecule has 0 bridgehead atoms. The Morgan fingerprint density at radius 3 is 2.44 bits per heavy atom. The number of carbonyl (C=O) groups is 1. The van der Waals surface area contributed by atoms with Gasteiger partial charge in [0.1, 0.15) is 5.76 Å². The van der Waals surface area contributed by atoms with Crippen LogP contribution in [0.5, 0.6) is 6.01 Å². The van der Waals surface area contributed by atoms with Gasteiger partial charge in [0.2, 0.25) is 5.71 Å². The highest BCUT2D eigenvalue weighted by atomic mass is 16.6. The fraction of sp³-hybridized carbons (Fsp3) is 0.167. The molecule has 2 N–H and O–H groups in total. The first-order valence-electron chi connectivity index (χ1n) is 10.4. The summed E-state index contributed by atoms with van der Waals surface area (Å²) in [6, 6.07) is 13.0. The lowest BCUT2D eigenvalue weighted by Crippen LogP contribution is -2.75. The second-order valence-corrected chi connectivity index (χ2v) is 8.15. The molecule has 10 heteroatoms. The smallest absolute Gasteiger partial charge is 0.445 e. The van der Waals surface area contributed by atoms with E-state index in [9.17, 15) is 24.8 Å². The molecule has 34 heavy (non-hydrogen) atoms. The largest absolute Gasteiger partial charge is 0.462 e. The van der Waals surface area contributed by atoms with Crippen LogP contribution in [0.4, 0.5) is 11.5 Å². The number of rotatable bonds is 3. The predicted molar refractivity (Wildman–Crippen MR) is 119 cm³/mol. The minimum atomic E-state index is -0.723. The SMILES string of the molecule is CC(=O)OC1=C2C(=[NH+]c3c(c(=O)n(C)c(O)[n+]3C)C2c2ccc([N+](=O)[O-])cc2)c2ccccc21. The summed E-state index contributed by atoms with van der Waals surface area (Å²) in [7, 11) is 3.07. The van der Waals surface area contributed by atoms with Crippen molar-refractivity contribution in [1.29, 1.82) is 0 Å². The lowest BCUT2D eigenvalue weighted by atomic mass is 9.81. The average molecular weight is 460 g/mol. The number of aromatic nitrogens is 2. The van der Waals surface area contributed by atoms with Crippen LogP contribution >= 0.6 is 0 Å². The molecule has 1 atom stereocenters. The third-order valence-corrected chi connectivity index (χ3v) is 6.18. The highest BCUT2D eigenvalue weighted by molar-refractivity contribution is 6.22. The number of nitro groups is 1. The van der Waals surface area contributed by atoms with Gasteiger partial charge in [-0.25, -0.2) is 4.57 Å². The van der Waals surface area contributed by atoms with Crippen LogP contribution in [0.1, 0.15) is 35.1 Å². The highest BCUT2D eigenvalue weighted by Gasteiger charge is 2.49. The molecule has 1 aromatic heterocycles. The standard InChI is InChI=1S/C24H18N4O6/c1-12(29)34-21-16-7-5-4-6-15(16)20-18(21)17(13-8-10-14(11-9-13)28(32)33)19-22(25-20)26(2)24(31)27(3)23(19)30/h4-11,17H,1-3H3/p+2. The molecule has 5 rings (SSSR count). The Hall–Kier alpha value is -4.60. The van der Waals surface area contributed by atoms with Crippen molar-refractivity contribution in [2.24, 2.45) is 14.1 Å². The van der Waals surface area contributed by atoms with Gasteiger partial charge in [-0.05, 0) is 11.6 Å². The van der Waals surface area contributed by atoms with Crippen LogP contribution in [0.25, 0.3) is 5.76 Å². The van der Waals surface area contributed by atoms with Gasteiger partial charge in [-0.1, -0.05) is 34.9 Å². The second-order valence-electron chi connectivity index (χ2n) is 8.15. The van der Waals surface area contributed by atoms with Crippen molar-refractivity contribution in [1.82, 2.24) is 4.57 Å². The normalized spacial score (nSPS) is 15.9. The van der Waals surface area contributed by atoms with Crippen LogP contribution in [-0.2, 0) is 23.6 Å². The first-order chi connectivity index (χ1) is 16.2. The van der Waals surface area contributed by atoms with E-state index in [2.05, 4.69) is 4.99 Å². The number of allylic oxidation sites excluding steroid dienone is 1. The van der Waals surface area contributed by atoms with Crippen molar-refractivity contribution >= 4 is 28.9 Å². The average Bonchev–Trinajstić information content (AvgIpc) is 3.13. The van der Waals surface area contributed by atoms with Crippen LogP contribution in [0, 0.1) is 10.1 Å².